The van der Waals surface area contributed by atoms with Crippen molar-refractivity contribution in [1.82, 2.24) is 20.9 Å². The van der Waals surface area contributed by atoms with Crippen molar-refractivity contribution >= 4 is 24.3 Å². The second-order valence-electron chi connectivity index (χ2n) is 7.20. The molecule has 1 atom stereocenters. The topological polar surface area (TPSA) is 73.5 Å². The summed E-state index contributed by atoms with van der Waals surface area (Å²) in [6, 6.07) is 0.686. The fraction of sp³-hybridized carbons (Fsp3) is 0.889. The van der Waals surface area contributed by atoms with E-state index < -0.39 is 0 Å². The fourth-order valence-electron chi connectivity index (χ4n) is 3.61. The van der Waals surface area contributed by atoms with E-state index in [4.69, 9.17) is 0 Å². The zero-order chi connectivity index (χ0) is 17.2. The van der Waals surface area contributed by atoms with Gasteiger partial charge in [-0.1, -0.05) is 25.7 Å². The van der Waals surface area contributed by atoms with Crippen LogP contribution in [0.25, 0.3) is 0 Å². The average Bonchev–Trinajstić information content (AvgIpc) is 3.12. The predicted molar refractivity (Wildman–Crippen MR) is 103 cm³/mol. The van der Waals surface area contributed by atoms with Crippen LogP contribution in [0.1, 0.15) is 64.2 Å². The van der Waals surface area contributed by atoms with Crippen LogP contribution in [-0.2, 0) is 4.79 Å². The third-order valence-corrected chi connectivity index (χ3v) is 5.27. The molecule has 1 heterocycles. The molecule has 3 N–H and O–H groups in total. The van der Waals surface area contributed by atoms with Gasteiger partial charge in [0.15, 0.2) is 0 Å². The van der Waals surface area contributed by atoms with Crippen LogP contribution in [0.5, 0.6) is 0 Å². The quantitative estimate of drug-likeness (QED) is 0.571. The molecule has 0 aromatic rings. The average molecular weight is 375 g/mol. The molecule has 6 nitrogen and oxygen atoms in total. The molecule has 3 amide bonds. The lowest BCUT2D eigenvalue weighted by atomic mass is 9.96. The second-order valence-corrected chi connectivity index (χ2v) is 7.20. The van der Waals surface area contributed by atoms with Crippen molar-refractivity contribution in [3.8, 4) is 0 Å². The largest absolute Gasteiger partial charge is 0.341 e. The summed E-state index contributed by atoms with van der Waals surface area (Å²) in [5.74, 6) is 0.242. The predicted octanol–water partition coefficient (Wildman–Crippen LogP) is 2.42. The second kappa shape index (κ2) is 12.4. The van der Waals surface area contributed by atoms with E-state index in [0.717, 1.165) is 51.6 Å². The van der Waals surface area contributed by atoms with Crippen molar-refractivity contribution in [3.05, 3.63) is 0 Å². The van der Waals surface area contributed by atoms with Gasteiger partial charge in [0.25, 0.3) is 0 Å². The number of likely N-dealkylation sites (N-methyl/N-ethyl adjacent to an activating group) is 1. The van der Waals surface area contributed by atoms with E-state index in [9.17, 15) is 9.59 Å². The molecule has 0 bridgehead atoms. The molecule has 2 rings (SSSR count). The van der Waals surface area contributed by atoms with Crippen LogP contribution < -0.4 is 16.0 Å². The zero-order valence-corrected chi connectivity index (χ0v) is 16.3. The van der Waals surface area contributed by atoms with Gasteiger partial charge in [-0.15, -0.1) is 12.4 Å². The molecule has 0 aromatic carbocycles. The number of carbonyl (C=O) groups excluding carboxylic acids is 2. The number of halogens is 1. The zero-order valence-electron chi connectivity index (χ0n) is 15.5. The number of amides is 3. The molecule has 1 unspecified atom stereocenters. The molecule has 1 aliphatic carbocycles. The summed E-state index contributed by atoms with van der Waals surface area (Å²) < 4.78 is 0. The van der Waals surface area contributed by atoms with Crippen LogP contribution in [0.4, 0.5) is 4.79 Å². The lowest BCUT2D eigenvalue weighted by Gasteiger charge is -2.23. The maximum absolute atomic E-state index is 12.1. The Balaban J connectivity index is 0.00000312. The van der Waals surface area contributed by atoms with Crippen LogP contribution in [-0.4, -0.2) is 55.6 Å². The van der Waals surface area contributed by atoms with Gasteiger partial charge in [-0.2, -0.15) is 0 Å². The highest BCUT2D eigenvalue weighted by Gasteiger charge is 2.22. The number of nitrogens with one attached hydrogen (secondary N) is 3. The first kappa shape index (κ1) is 22.0. The summed E-state index contributed by atoms with van der Waals surface area (Å²) in [4.78, 5) is 25.8. The SMILES string of the molecule is CN(C(=O)CCCCCNC(=O)NC1CCCCC1)C1CCNC1.Cl. The number of nitrogens with zero attached hydrogens (tertiary/aromatic N) is 1. The van der Waals surface area contributed by atoms with E-state index in [0.29, 0.717) is 25.0 Å². The lowest BCUT2D eigenvalue weighted by Crippen LogP contribution is -2.43. The number of unbranched alkanes of at least 4 members (excludes halogenated alkanes) is 2. The Bertz CT molecular complexity index is 397. The molecular weight excluding hydrogens is 340 g/mol. The van der Waals surface area contributed by atoms with Crippen LogP contribution >= 0.6 is 12.4 Å². The van der Waals surface area contributed by atoms with Crippen molar-refractivity contribution in [3.63, 3.8) is 0 Å². The molecule has 0 radical (unpaired) electrons. The monoisotopic (exact) mass is 374 g/mol. The van der Waals surface area contributed by atoms with Crippen LogP contribution in [0.3, 0.4) is 0 Å². The maximum atomic E-state index is 12.1. The summed E-state index contributed by atoms with van der Waals surface area (Å²) in [5, 5.41) is 9.28. The van der Waals surface area contributed by atoms with Gasteiger partial charge < -0.3 is 20.9 Å². The first-order chi connectivity index (χ1) is 11.7. The van der Waals surface area contributed by atoms with E-state index in [1.54, 1.807) is 0 Å². The van der Waals surface area contributed by atoms with Gasteiger partial charge in [0.1, 0.15) is 0 Å². The molecule has 146 valence electrons. The lowest BCUT2D eigenvalue weighted by molar-refractivity contribution is -0.131. The van der Waals surface area contributed by atoms with Crippen molar-refractivity contribution in [2.75, 3.05) is 26.7 Å². The molecule has 7 heteroatoms. The molecule has 0 spiro atoms. The van der Waals surface area contributed by atoms with Crippen molar-refractivity contribution in [2.24, 2.45) is 0 Å². The van der Waals surface area contributed by atoms with E-state index >= 15 is 0 Å². The molecule has 2 fully saturated rings. The molecule has 1 saturated carbocycles. The number of hydrogen-bond acceptors (Lipinski definition) is 3. The Morgan fingerprint density at radius 2 is 1.84 bits per heavy atom. The van der Waals surface area contributed by atoms with Gasteiger partial charge in [-0.25, -0.2) is 4.79 Å². The first-order valence-electron chi connectivity index (χ1n) is 9.67. The van der Waals surface area contributed by atoms with E-state index in [1.165, 1.54) is 19.3 Å². The Morgan fingerprint density at radius 1 is 1.08 bits per heavy atom. The summed E-state index contributed by atoms with van der Waals surface area (Å²) in [7, 11) is 1.91. The Labute approximate surface area is 158 Å². The summed E-state index contributed by atoms with van der Waals surface area (Å²) in [6.45, 7) is 2.62. The fourth-order valence-corrected chi connectivity index (χ4v) is 3.61. The minimum absolute atomic E-state index is 0. The minimum Gasteiger partial charge on any atom is -0.341 e. The molecule has 1 saturated heterocycles. The van der Waals surface area contributed by atoms with Crippen molar-refractivity contribution < 1.29 is 9.59 Å². The third-order valence-electron chi connectivity index (χ3n) is 5.27. The Hall–Kier alpha value is -1.01. The van der Waals surface area contributed by atoms with Crippen molar-refractivity contribution in [1.29, 1.82) is 0 Å². The molecule has 25 heavy (non-hydrogen) atoms. The number of urea groups is 1. The van der Waals surface area contributed by atoms with E-state index in [1.807, 2.05) is 11.9 Å². The van der Waals surface area contributed by atoms with E-state index in [-0.39, 0.29) is 24.3 Å². The maximum Gasteiger partial charge on any atom is 0.315 e. The van der Waals surface area contributed by atoms with Gasteiger partial charge in [-0.05, 0) is 38.6 Å². The van der Waals surface area contributed by atoms with Gasteiger partial charge in [0, 0.05) is 38.6 Å². The van der Waals surface area contributed by atoms with E-state index in [2.05, 4.69) is 16.0 Å². The normalized spacial score (nSPS) is 20.6. The first-order valence-corrected chi connectivity index (χ1v) is 9.67. The Morgan fingerprint density at radius 3 is 2.52 bits per heavy atom. The Kier molecular flexibility index (Phi) is 10.9. The van der Waals surface area contributed by atoms with Gasteiger partial charge in [0.05, 0.1) is 0 Å². The van der Waals surface area contributed by atoms with Crippen LogP contribution in [0.2, 0.25) is 0 Å². The highest BCUT2D eigenvalue weighted by molar-refractivity contribution is 5.85. The number of hydrogen-bond donors (Lipinski definition) is 3. The summed E-state index contributed by atoms with van der Waals surface area (Å²) >= 11 is 0. The highest BCUT2D eigenvalue weighted by atomic mass is 35.5. The smallest absolute Gasteiger partial charge is 0.315 e. The van der Waals surface area contributed by atoms with Gasteiger partial charge in [0.2, 0.25) is 5.91 Å². The van der Waals surface area contributed by atoms with Crippen LogP contribution in [0.15, 0.2) is 0 Å². The van der Waals surface area contributed by atoms with Crippen molar-refractivity contribution in [2.45, 2.75) is 76.3 Å². The summed E-state index contributed by atoms with van der Waals surface area (Å²) in [5.41, 5.74) is 0. The molecule has 1 aliphatic heterocycles. The highest BCUT2D eigenvalue weighted by Crippen LogP contribution is 2.17. The minimum atomic E-state index is -0.0357. The van der Waals surface area contributed by atoms with Gasteiger partial charge >= 0.3 is 6.03 Å². The third kappa shape index (κ3) is 8.27. The molecule has 0 aromatic heterocycles. The summed E-state index contributed by atoms with van der Waals surface area (Å²) in [6.07, 6.45) is 10.4. The standard InChI is InChI=1S/C18H34N4O2.ClH/c1-22(16-11-13-19-14-16)17(23)10-6-3-7-12-20-18(24)21-15-8-4-2-5-9-15;/h15-16,19H,2-14H2,1H3,(H2,20,21,24);1H. The van der Waals surface area contributed by atoms with Gasteiger partial charge in [-0.3, -0.25) is 4.79 Å². The molecular formula is C18H35ClN4O2. The number of carbonyl (C=O) groups is 2. The van der Waals surface area contributed by atoms with Crippen LogP contribution in [0, 0.1) is 0 Å². The number of rotatable bonds is 8. The molecule has 2 aliphatic rings.